The molecule has 0 heterocycles. The lowest BCUT2D eigenvalue weighted by atomic mass is 10.1. The van der Waals surface area contributed by atoms with Crippen molar-refractivity contribution in [1.29, 1.82) is 0 Å². The molecule has 2 N–H and O–H groups in total. The molecule has 0 saturated carbocycles. The zero-order chi connectivity index (χ0) is 9.84. The van der Waals surface area contributed by atoms with Crippen molar-refractivity contribution in [2.24, 2.45) is 0 Å². The SMILES string of the molecule is CCc1ccc(C[SH](=O)=O)cc1N. The van der Waals surface area contributed by atoms with Crippen molar-refractivity contribution in [2.45, 2.75) is 19.1 Å². The zero-order valence-electron chi connectivity index (χ0n) is 7.49. The molecule has 1 rings (SSSR count). The second-order valence-corrected chi connectivity index (χ2v) is 3.86. The van der Waals surface area contributed by atoms with Gasteiger partial charge in [-0.05, 0) is 23.6 Å². The van der Waals surface area contributed by atoms with E-state index >= 15 is 0 Å². The Morgan fingerprint density at radius 1 is 1.38 bits per heavy atom. The smallest absolute Gasteiger partial charge is 0.144 e. The molecule has 0 aliphatic heterocycles. The van der Waals surface area contributed by atoms with Crippen LogP contribution in [0.4, 0.5) is 5.69 Å². The van der Waals surface area contributed by atoms with Gasteiger partial charge in [0.05, 0.1) is 5.75 Å². The molecule has 0 unspecified atom stereocenters. The number of hydrogen-bond acceptors (Lipinski definition) is 3. The van der Waals surface area contributed by atoms with Crippen LogP contribution >= 0.6 is 0 Å². The van der Waals surface area contributed by atoms with E-state index in [1.807, 2.05) is 13.0 Å². The van der Waals surface area contributed by atoms with Crippen LogP contribution in [0.25, 0.3) is 0 Å². The number of thiol groups is 1. The van der Waals surface area contributed by atoms with Gasteiger partial charge in [-0.25, -0.2) is 8.42 Å². The number of hydrogen-bond donors (Lipinski definition) is 2. The van der Waals surface area contributed by atoms with E-state index in [0.717, 1.165) is 17.5 Å². The fourth-order valence-electron chi connectivity index (χ4n) is 1.21. The van der Waals surface area contributed by atoms with E-state index in [9.17, 15) is 8.42 Å². The largest absolute Gasteiger partial charge is 0.398 e. The van der Waals surface area contributed by atoms with Crippen molar-refractivity contribution in [2.75, 3.05) is 5.73 Å². The summed E-state index contributed by atoms with van der Waals surface area (Å²) in [5, 5.41) is 0. The van der Waals surface area contributed by atoms with Crippen LogP contribution in [0.3, 0.4) is 0 Å². The predicted molar refractivity (Wildman–Crippen MR) is 54.3 cm³/mol. The average Bonchev–Trinajstić information content (AvgIpc) is 2.03. The lowest BCUT2D eigenvalue weighted by Gasteiger charge is -2.03. The molecule has 0 atom stereocenters. The van der Waals surface area contributed by atoms with E-state index in [1.54, 1.807) is 12.1 Å². The molecule has 0 saturated heterocycles. The zero-order valence-corrected chi connectivity index (χ0v) is 8.38. The summed E-state index contributed by atoms with van der Waals surface area (Å²) >= 11 is 0. The number of rotatable bonds is 3. The Morgan fingerprint density at radius 2 is 2.08 bits per heavy atom. The van der Waals surface area contributed by atoms with Crippen LogP contribution in [0.5, 0.6) is 0 Å². The van der Waals surface area contributed by atoms with Crippen LogP contribution in [0.2, 0.25) is 0 Å². The number of aryl methyl sites for hydroxylation is 1. The molecule has 4 heteroatoms. The summed E-state index contributed by atoms with van der Waals surface area (Å²) in [6.45, 7) is 2.01. The molecule has 13 heavy (non-hydrogen) atoms. The summed E-state index contributed by atoms with van der Waals surface area (Å²) in [4.78, 5) is 0. The minimum atomic E-state index is -2.36. The summed E-state index contributed by atoms with van der Waals surface area (Å²) in [6.07, 6.45) is 0.871. The van der Waals surface area contributed by atoms with Gasteiger partial charge in [-0.2, -0.15) is 0 Å². The molecule has 72 valence electrons. The highest BCUT2D eigenvalue weighted by atomic mass is 32.2. The Balaban J connectivity index is 2.95. The molecule has 0 fully saturated rings. The summed E-state index contributed by atoms with van der Waals surface area (Å²) in [7, 11) is -2.36. The summed E-state index contributed by atoms with van der Waals surface area (Å²) in [6, 6.07) is 5.41. The van der Waals surface area contributed by atoms with Crippen molar-refractivity contribution >= 4 is 16.4 Å². The van der Waals surface area contributed by atoms with Gasteiger partial charge in [0, 0.05) is 5.69 Å². The first-order chi connectivity index (χ1) is 6.13. The van der Waals surface area contributed by atoms with Gasteiger partial charge in [-0.1, -0.05) is 19.1 Å². The summed E-state index contributed by atoms with van der Waals surface area (Å²) in [5.74, 6) is 0.0729. The van der Waals surface area contributed by atoms with Crippen molar-refractivity contribution in [3.05, 3.63) is 29.3 Å². The molecular weight excluding hydrogens is 186 g/mol. The van der Waals surface area contributed by atoms with Crippen LogP contribution in [0.1, 0.15) is 18.1 Å². The maximum atomic E-state index is 10.4. The van der Waals surface area contributed by atoms with Crippen molar-refractivity contribution in [3.63, 3.8) is 0 Å². The lowest BCUT2D eigenvalue weighted by Crippen LogP contribution is -1.95. The molecule has 1 aromatic rings. The summed E-state index contributed by atoms with van der Waals surface area (Å²) in [5.41, 5.74) is 8.20. The molecule has 1 aromatic carbocycles. The Morgan fingerprint density at radius 3 is 2.54 bits per heavy atom. The van der Waals surface area contributed by atoms with Crippen LogP contribution < -0.4 is 5.73 Å². The first kappa shape index (κ1) is 10.1. The number of nitrogen functional groups attached to an aromatic ring is 1. The minimum Gasteiger partial charge on any atom is -0.398 e. The minimum absolute atomic E-state index is 0.0729. The Hall–Kier alpha value is -1.03. The van der Waals surface area contributed by atoms with E-state index in [1.165, 1.54) is 0 Å². The maximum absolute atomic E-state index is 10.4. The fourth-order valence-corrected chi connectivity index (χ4v) is 1.71. The second kappa shape index (κ2) is 4.28. The van der Waals surface area contributed by atoms with Crippen molar-refractivity contribution in [1.82, 2.24) is 0 Å². The lowest BCUT2D eigenvalue weighted by molar-refractivity contribution is 0.614. The second-order valence-electron chi connectivity index (χ2n) is 2.88. The third kappa shape index (κ3) is 2.73. The highest BCUT2D eigenvalue weighted by Crippen LogP contribution is 2.15. The topological polar surface area (TPSA) is 60.2 Å². The number of benzene rings is 1. The van der Waals surface area contributed by atoms with Crippen molar-refractivity contribution in [3.8, 4) is 0 Å². The number of nitrogens with two attached hydrogens (primary N) is 1. The van der Waals surface area contributed by atoms with Gasteiger partial charge < -0.3 is 5.73 Å². The fraction of sp³-hybridized carbons (Fsp3) is 0.333. The van der Waals surface area contributed by atoms with Gasteiger partial charge in [-0.15, -0.1) is 0 Å². The molecular formula is C9H13NO2S. The first-order valence-corrected chi connectivity index (χ1v) is 5.49. The quantitative estimate of drug-likeness (QED) is 0.562. The van der Waals surface area contributed by atoms with E-state index in [4.69, 9.17) is 5.73 Å². The normalized spacial score (nSPS) is 10.6. The molecule has 0 amide bonds. The summed E-state index contributed by atoms with van der Waals surface area (Å²) < 4.78 is 20.9. The predicted octanol–water partition coefficient (Wildman–Crippen LogP) is 0.943. The van der Waals surface area contributed by atoms with Crippen LogP contribution in [0, 0.1) is 0 Å². The van der Waals surface area contributed by atoms with Gasteiger partial charge in [0.25, 0.3) is 0 Å². The highest BCUT2D eigenvalue weighted by molar-refractivity contribution is 7.71. The molecule has 0 aromatic heterocycles. The Bertz CT molecular complexity index is 364. The molecule has 0 aliphatic carbocycles. The Kier molecular flexibility index (Phi) is 3.31. The number of anilines is 1. The third-order valence-electron chi connectivity index (χ3n) is 1.90. The standard InChI is InChI=1S/C9H13NO2S/c1-2-8-4-3-7(5-9(8)10)6-13(11)12/h3-5,13H,2,6,10H2,1H3. The average molecular weight is 199 g/mol. The van der Waals surface area contributed by atoms with Gasteiger partial charge in [0.2, 0.25) is 0 Å². The van der Waals surface area contributed by atoms with Crippen LogP contribution in [-0.2, 0) is 22.9 Å². The monoisotopic (exact) mass is 199 g/mol. The molecule has 0 bridgehead atoms. The highest BCUT2D eigenvalue weighted by Gasteiger charge is 1.99. The van der Waals surface area contributed by atoms with Crippen LogP contribution in [0.15, 0.2) is 18.2 Å². The van der Waals surface area contributed by atoms with Crippen LogP contribution in [-0.4, -0.2) is 8.42 Å². The molecule has 3 nitrogen and oxygen atoms in total. The van der Waals surface area contributed by atoms with Gasteiger partial charge in [0.15, 0.2) is 0 Å². The van der Waals surface area contributed by atoms with Crippen molar-refractivity contribution < 1.29 is 8.42 Å². The van der Waals surface area contributed by atoms with E-state index in [2.05, 4.69) is 0 Å². The van der Waals surface area contributed by atoms with E-state index < -0.39 is 10.7 Å². The van der Waals surface area contributed by atoms with E-state index in [-0.39, 0.29) is 5.75 Å². The molecule has 0 spiro atoms. The third-order valence-corrected chi connectivity index (χ3v) is 2.53. The van der Waals surface area contributed by atoms with Gasteiger partial charge >= 0.3 is 0 Å². The van der Waals surface area contributed by atoms with E-state index in [0.29, 0.717) is 5.69 Å². The van der Waals surface area contributed by atoms with Gasteiger partial charge in [-0.3, -0.25) is 0 Å². The maximum Gasteiger partial charge on any atom is 0.144 e. The Labute approximate surface area is 79.5 Å². The van der Waals surface area contributed by atoms with Gasteiger partial charge in [0.1, 0.15) is 10.7 Å². The first-order valence-electron chi connectivity index (χ1n) is 4.12. The molecule has 0 aliphatic rings. The molecule has 0 radical (unpaired) electrons.